The maximum absolute atomic E-state index is 13.4. The zero-order valence-electron chi connectivity index (χ0n) is 16.0. The van der Waals surface area contributed by atoms with Crippen molar-refractivity contribution in [2.45, 2.75) is 44.9 Å². The van der Waals surface area contributed by atoms with E-state index in [1.165, 1.54) is 12.1 Å². The molecule has 0 saturated carbocycles. The van der Waals surface area contributed by atoms with Crippen LogP contribution in [0.4, 0.5) is 13.2 Å². The Morgan fingerprint density at radius 3 is 2.55 bits per heavy atom. The van der Waals surface area contributed by atoms with Gasteiger partial charge in [0.1, 0.15) is 29.8 Å². The van der Waals surface area contributed by atoms with Crippen molar-refractivity contribution in [2.75, 3.05) is 13.2 Å². The first-order chi connectivity index (χ1) is 13.8. The van der Waals surface area contributed by atoms with Crippen LogP contribution in [0.2, 0.25) is 5.02 Å². The fourth-order valence-corrected chi connectivity index (χ4v) is 2.87. The third-order valence-corrected chi connectivity index (χ3v) is 4.74. The lowest BCUT2D eigenvalue weighted by molar-refractivity contribution is -0.139. The Bertz CT molecular complexity index is 811. The fraction of sp³-hybridized carbons (Fsp3) is 0.429. The van der Waals surface area contributed by atoms with Gasteiger partial charge in [-0.25, -0.2) is 0 Å². The zero-order chi connectivity index (χ0) is 21.0. The number of hydrogen-bond donors (Lipinski definition) is 0. The number of benzene rings is 2. The lowest BCUT2D eigenvalue weighted by Crippen LogP contribution is -2.20. The van der Waals surface area contributed by atoms with Crippen LogP contribution >= 0.6 is 11.6 Å². The molecule has 2 aromatic carbocycles. The van der Waals surface area contributed by atoms with E-state index in [4.69, 9.17) is 30.5 Å². The summed E-state index contributed by atoms with van der Waals surface area (Å²) in [5.41, 5.74) is -0.0549. The predicted octanol–water partition coefficient (Wildman–Crippen LogP) is 6.03. The molecule has 1 aliphatic rings. The number of hydrogen-bond acceptors (Lipinski definition) is 4. The van der Waals surface area contributed by atoms with Gasteiger partial charge in [-0.3, -0.25) is 0 Å². The van der Waals surface area contributed by atoms with Crippen molar-refractivity contribution in [1.82, 2.24) is 0 Å². The summed E-state index contributed by atoms with van der Waals surface area (Å²) < 4.78 is 62.5. The monoisotopic (exact) mass is 430 g/mol. The molecule has 1 saturated heterocycles. The van der Waals surface area contributed by atoms with Crippen LogP contribution in [0.5, 0.6) is 11.5 Å². The molecule has 158 valence electrons. The minimum atomic E-state index is -4.55. The number of ether oxygens (including phenoxy) is 4. The quantitative estimate of drug-likeness (QED) is 0.537. The summed E-state index contributed by atoms with van der Waals surface area (Å²) in [7, 11) is 0. The van der Waals surface area contributed by atoms with Crippen LogP contribution in [0.3, 0.4) is 0 Å². The van der Waals surface area contributed by atoms with E-state index in [1.807, 2.05) is 6.92 Å². The lowest BCUT2D eigenvalue weighted by Gasteiger charge is -2.19. The first kappa shape index (κ1) is 21.7. The van der Waals surface area contributed by atoms with Crippen LogP contribution in [0.25, 0.3) is 0 Å². The summed E-state index contributed by atoms with van der Waals surface area (Å²) in [5.74, 6) is -0.116. The summed E-state index contributed by atoms with van der Waals surface area (Å²) >= 11 is 5.87. The Morgan fingerprint density at radius 1 is 1.17 bits per heavy atom. The molecule has 1 fully saturated rings. The summed E-state index contributed by atoms with van der Waals surface area (Å²) in [5, 5.41) is 0.604. The molecular weight excluding hydrogens is 409 g/mol. The van der Waals surface area contributed by atoms with Gasteiger partial charge in [0.05, 0.1) is 12.7 Å². The highest BCUT2D eigenvalue weighted by Gasteiger charge is 2.35. The molecule has 0 amide bonds. The third kappa shape index (κ3) is 5.78. The maximum Gasteiger partial charge on any atom is 0.420 e. The van der Waals surface area contributed by atoms with Crippen LogP contribution in [-0.2, 0) is 15.7 Å². The molecule has 3 unspecified atom stereocenters. The minimum Gasteiger partial charge on any atom is -0.491 e. The van der Waals surface area contributed by atoms with Gasteiger partial charge in [-0.2, -0.15) is 13.2 Å². The van der Waals surface area contributed by atoms with Crippen molar-refractivity contribution < 1.29 is 32.1 Å². The molecule has 0 aliphatic carbocycles. The molecule has 0 radical (unpaired) electrons. The van der Waals surface area contributed by atoms with Gasteiger partial charge in [0.25, 0.3) is 0 Å². The molecule has 29 heavy (non-hydrogen) atoms. The van der Waals surface area contributed by atoms with E-state index in [1.54, 1.807) is 31.2 Å². The van der Waals surface area contributed by atoms with Crippen molar-refractivity contribution in [1.29, 1.82) is 0 Å². The Hall–Kier alpha value is -1.96. The van der Waals surface area contributed by atoms with E-state index in [0.717, 1.165) is 11.6 Å². The van der Waals surface area contributed by atoms with Gasteiger partial charge < -0.3 is 18.9 Å². The van der Waals surface area contributed by atoms with E-state index < -0.39 is 24.1 Å². The zero-order valence-corrected chi connectivity index (χ0v) is 16.8. The maximum atomic E-state index is 13.4. The topological polar surface area (TPSA) is 36.9 Å². The first-order valence-corrected chi connectivity index (χ1v) is 9.67. The average molecular weight is 431 g/mol. The van der Waals surface area contributed by atoms with Gasteiger partial charge in [-0.1, -0.05) is 30.7 Å². The Kier molecular flexibility index (Phi) is 6.93. The van der Waals surface area contributed by atoms with E-state index in [2.05, 4.69) is 0 Å². The van der Waals surface area contributed by atoms with Gasteiger partial charge in [-0.15, -0.1) is 0 Å². The van der Waals surface area contributed by atoms with Crippen molar-refractivity contribution >= 4 is 11.6 Å². The summed E-state index contributed by atoms with van der Waals surface area (Å²) in [4.78, 5) is 0. The third-order valence-electron chi connectivity index (χ3n) is 4.49. The van der Waals surface area contributed by atoms with Crippen LogP contribution in [0, 0.1) is 0 Å². The first-order valence-electron chi connectivity index (χ1n) is 9.29. The highest BCUT2D eigenvalue weighted by molar-refractivity contribution is 6.30. The normalized spacial score (nSPS) is 20.5. The summed E-state index contributed by atoms with van der Waals surface area (Å²) in [6.07, 6.45) is -5.23. The summed E-state index contributed by atoms with van der Waals surface area (Å²) in [6.45, 7) is 3.90. The molecule has 1 aliphatic heterocycles. The molecule has 3 atom stereocenters. The molecule has 3 rings (SSSR count). The lowest BCUT2D eigenvalue weighted by atomic mass is 10.1. The molecular formula is C21H22ClF3O4. The molecule has 0 bridgehead atoms. The molecule has 2 aromatic rings. The van der Waals surface area contributed by atoms with E-state index in [9.17, 15) is 13.2 Å². The minimum absolute atomic E-state index is 0.0625. The Balaban J connectivity index is 1.62. The number of halogens is 4. The van der Waals surface area contributed by atoms with Gasteiger partial charge in [0.2, 0.25) is 0 Å². The smallest absolute Gasteiger partial charge is 0.420 e. The molecule has 0 N–H and O–H groups in total. The standard InChI is InChI=1S/C21H22ClF3O4/c1-3-13(2)28-19-9-8-16(10-18(19)21(23,24)25)26-11-17-12-27-20(29-17)14-4-6-15(22)7-5-14/h4-10,13,17,20H,3,11-12H2,1-2H3. The number of rotatable bonds is 7. The molecule has 0 spiro atoms. The second kappa shape index (κ2) is 9.24. The van der Waals surface area contributed by atoms with Gasteiger partial charge >= 0.3 is 6.18 Å². The van der Waals surface area contributed by atoms with E-state index in [0.29, 0.717) is 11.4 Å². The van der Waals surface area contributed by atoms with Crippen molar-refractivity contribution in [3.05, 3.63) is 58.6 Å². The van der Waals surface area contributed by atoms with E-state index >= 15 is 0 Å². The van der Waals surface area contributed by atoms with Gasteiger partial charge in [0.15, 0.2) is 6.29 Å². The van der Waals surface area contributed by atoms with E-state index in [-0.39, 0.29) is 30.8 Å². The molecule has 4 nitrogen and oxygen atoms in total. The van der Waals surface area contributed by atoms with Gasteiger partial charge in [-0.05, 0) is 43.7 Å². The van der Waals surface area contributed by atoms with Crippen molar-refractivity contribution in [3.63, 3.8) is 0 Å². The largest absolute Gasteiger partial charge is 0.491 e. The second-order valence-corrected chi connectivity index (χ2v) is 7.21. The van der Waals surface area contributed by atoms with Crippen molar-refractivity contribution in [2.24, 2.45) is 0 Å². The summed E-state index contributed by atoms with van der Waals surface area (Å²) in [6, 6.07) is 10.7. The van der Waals surface area contributed by atoms with Crippen LogP contribution < -0.4 is 9.47 Å². The number of alkyl halides is 3. The van der Waals surface area contributed by atoms with Crippen LogP contribution in [0.15, 0.2) is 42.5 Å². The predicted molar refractivity (Wildman–Crippen MR) is 102 cm³/mol. The molecule has 0 aromatic heterocycles. The Morgan fingerprint density at radius 2 is 1.90 bits per heavy atom. The SMILES string of the molecule is CCC(C)Oc1ccc(OCC2COC(c3ccc(Cl)cc3)O2)cc1C(F)(F)F. The second-order valence-electron chi connectivity index (χ2n) is 6.78. The highest BCUT2D eigenvalue weighted by atomic mass is 35.5. The fourth-order valence-electron chi connectivity index (χ4n) is 2.74. The molecule has 8 heteroatoms. The van der Waals surface area contributed by atoms with Crippen LogP contribution in [-0.4, -0.2) is 25.4 Å². The Labute approximate surface area is 172 Å². The van der Waals surface area contributed by atoms with Crippen molar-refractivity contribution in [3.8, 4) is 11.5 Å². The molecule has 1 heterocycles. The van der Waals surface area contributed by atoms with Gasteiger partial charge in [0, 0.05) is 10.6 Å². The highest BCUT2D eigenvalue weighted by Crippen LogP contribution is 2.39. The average Bonchev–Trinajstić information content (AvgIpc) is 3.15. The van der Waals surface area contributed by atoms with Crippen LogP contribution in [0.1, 0.15) is 37.7 Å².